The smallest absolute Gasteiger partial charge is 0.266 e. The minimum absolute atomic E-state index is 0.0592. The summed E-state index contributed by atoms with van der Waals surface area (Å²) in [6, 6.07) is 20.5. The summed E-state index contributed by atoms with van der Waals surface area (Å²) in [7, 11) is 0. The lowest BCUT2D eigenvalue weighted by atomic mass is 10.1. The average molecular weight is 372 g/mol. The van der Waals surface area contributed by atoms with E-state index in [1.54, 1.807) is 24.3 Å². The normalized spacial score (nSPS) is 11.0. The van der Waals surface area contributed by atoms with Crippen molar-refractivity contribution in [2.75, 3.05) is 11.9 Å². The number of hydrogen-bond acceptors (Lipinski definition) is 4. The maximum atomic E-state index is 12.5. The average Bonchev–Trinajstić information content (AvgIpc) is 3.17. The van der Waals surface area contributed by atoms with E-state index in [0.29, 0.717) is 29.6 Å². The monoisotopic (exact) mass is 372 g/mol. The van der Waals surface area contributed by atoms with Gasteiger partial charge in [-0.1, -0.05) is 42.0 Å². The van der Waals surface area contributed by atoms with Crippen LogP contribution < -0.4 is 10.1 Å². The number of amides is 1. The standard InChI is InChI=1S/C23H20N2O3/c1-3-27-22-7-5-4-6-20(22)25-23(26)18(15-24)14-19-12-13-21(28-19)17-10-8-16(2)9-11-17/h4-14H,3H2,1-2H3,(H,25,26). The number of benzene rings is 2. The van der Waals surface area contributed by atoms with E-state index >= 15 is 0 Å². The minimum atomic E-state index is -0.525. The molecule has 3 aromatic rings. The summed E-state index contributed by atoms with van der Waals surface area (Å²) in [5.41, 5.74) is 2.54. The van der Waals surface area contributed by atoms with Gasteiger partial charge in [-0.15, -0.1) is 0 Å². The van der Waals surface area contributed by atoms with Gasteiger partial charge in [-0.3, -0.25) is 4.79 Å². The van der Waals surface area contributed by atoms with Crippen LogP contribution in [0, 0.1) is 18.3 Å². The number of para-hydroxylation sites is 2. The highest BCUT2D eigenvalue weighted by molar-refractivity contribution is 6.10. The Morgan fingerprint density at radius 3 is 2.61 bits per heavy atom. The van der Waals surface area contributed by atoms with E-state index in [2.05, 4.69) is 5.32 Å². The lowest BCUT2D eigenvalue weighted by Gasteiger charge is -2.10. The van der Waals surface area contributed by atoms with Crippen molar-refractivity contribution in [1.29, 1.82) is 5.26 Å². The Hall–Kier alpha value is -3.78. The molecule has 0 aliphatic heterocycles. The topological polar surface area (TPSA) is 75.3 Å². The number of nitrogens with one attached hydrogen (secondary N) is 1. The van der Waals surface area contributed by atoms with Gasteiger partial charge >= 0.3 is 0 Å². The van der Waals surface area contributed by atoms with E-state index in [4.69, 9.17) is 9.15 Å². The lowest BCUT2D eigenvalue weighted by molar-refractivity contribution is -0.112. The first-order valence-electron chi connectivity index (χ1n) is 8.92. The fraction of sp³-hybridized carbons (Fsp3) is 0.130. The zero-order chi connectivity index (χ0) is 19.9. The predicted molar refractivity (Wildman–Crippen MR) is 109 cm³/mol. The summed E-state index contributed by atoms with van der Waals surface area (Å²) in [5.74, 6) is 1.13. The van der Waals surface area contributed by atoms with Crippen LogP contribution in [0.25, 0.3) is 17.4 Å². The molecule has 0 bridgehead atoms. The second-order valence-corrected chi connectivity index (χ2v) is 6.12. The van der Waals surface area contributed by atoms with Crippen LogP contribution in [0.1, 0.15) is 18.2 Å². The van der Waals surface area contributed by atoms with Crippen LogP contribution in [0.3, 0.4) is 0 Å². The molecule has 0 saturated heterocycles. The number of hydrogen-bond donors (Lipinski definition) is 1. The third-order valence-corrected chi connectivity index (χ3v) is 4.05. The Morgan fingerprint density at radius 2 is 1.89 bits per heavy atom. The number of aryl methyl sites for hydroxylation is 1. The predicted octanol–water partition coefficient (Wildman–Crippen LogP) is 5.20. The Bertz CT molecular complexity index is 1040. The third kappa shape index (κ3) is 4.49. The summed E-state index contributed by atoms with van der Waals surface area (Å²) in [6.45, 7) is 4.35. The van der Waals surface area contributed by atoms with E-state index in [1.165, 1.54) is 6.08 Å². The van der Waals surface area contributed by atoms with Gasteiger partial charge in [0.25, 0.3) is 5.91 Å². The van der Waals surface area contributed by atoms with Crippen molar-refractivity contribution in [3.05, 3.63) is 77.6 Å². The quantitative estimate of drug-likeness (QED) is 0.477. The fourth-order valence-corrected chi connectivity index (χ4v) is 2.64. The molecule has 1 aromatic heterocycles. The second-order valence-electron chi connectivity index (χ2n) is 6.12. The van der Waals surface area contributed by atoms with E-state index in [0.717, 1.165) is 11.1 Å². The van der Waals surface area contributed by atoms with Gasteiger partial charge in [0.05, 0.1) is 12.3 Å². The van der Waals surface area contributed by atoms with Gasteiger partial charge in [0.15, 0.2) is 0 Å². The molecule has 0 spiro atoms. The maximum absolute atomic E-state index is 12.5. The van der Waals surface area contributed by atoms with Crippen LogP contribution in [0.5, 0.6) is 5.75 Å². The molecule has 0 saturated carbocycles. The number of nitriles is 1. The molecule has 0 radical (unpaired) electrons. The van der Waals surface area contributed by atoms with Crippen molar-refractivity contribution in [2.45, 2.75) is 13.8 Å². The summed E-state index contributed by atoms with van der Waals surface area (Å²) in [6.07, 6.45) is 1.43. The van der Waals surface area contributed by atoms with Gasteiger partial charge in [-0.2, -0.15) is 5.26 Å². The number of nitrogens with zero attached hydrogens (tertiary/aromatic N) is 1. The molecule has 0 atom stereocenters. The van der Waals surface area contributed by atoms with Crippen LogP contribution in [-0.4, -0.2) is 12.5 Å². The Kier molecular flexibility index (Phi) is 5.93. The van der Waals surface area contributed by atoms with Crippen LogP contribution >= 0.6 is 0 Å². The molecular weight excluding hydrogens is 352 g/mol. The molecule has 1 amide bonds. The minimum Gasteiger partial charge on any atom is -0.492 e. The van der Waals surface area contributed by atoms with Crippen LogP contribution in [0.2, 0.25) is 0 Å². The first-order chi connectivity index (χ1) is 13.6. The Labute approximate surface area is 163 Å². The molecule has 2 aromatic carbocycles. The highest BCUT2D eigenvalue weighted by Crippen LogP contribution is 2.26. The van der Waals surface area contributed by atoms with E-state index < -0.39 is 5.91 Å². The molecule has 140 valence electrons. The lowest BCUT2D eigenvalue weighted by Crippen LogP contribution is -2.14. The van der Waals surface area contributed by atoms with Gasteiger partial charge in [0.2, 0.25) is 0 Å². The number of ether oxygens (including phenoxy) is 1. The van der Waals surface area contributed by atoms with Gasteiger partial charge in [-0.25, -0.2) is 0 Å². The van der Waals surface area contributed by atoms with Crippen molar-refractivity contribution >= 4 is 17.7 Å². The van der Waals surface area contributed by atoms with Gasteiger partial charge in [-0.05, 0) is 38.1 Å². The molecule has 1 heterocycles. The van der Waals surface area contributed by atoms with Crippen molar-refractivity contribution in [2.24, 2.45) is 0 Å². The highest BCUT2D eigenvalue weighted by Gasteiger charge is 2.13. The first-order valence-corrected chi connectivity index (χ1v) is 8.92. The van der Waals surface area contributed by atoms with Crippen molar-refractivity contribution in [3.8, 4) is 23.1 Å². The van der Waals surface area contributed by atoms with Crippen LogP contribution in [-0.2, 0) is 4.79 Å². The Balaban J connectivity index is 1.80. The van der Waals surface area contributed by atoms with Gasteiger partial charge in [0, 0.05) is 11.6 Å². The van der Waals surface area contributed by atoms with Crippen molar-refractivity contribution in [1.82, 2.24) is 0 Å². The Morgan fingerprint density at radius 1 is 1.14 bits per heavy atom. The third-order valence-electron chi connectivity index (χ3n) is 4.05. The van der Waals surface area contributed by atoms with E-state index in [-0.39, 0.29) is 5.57 Å². The van der Waals surface area contributed by atoms with Gasteiger partial charge < -0.3 is 14.5 Å². The second kappa shape index (κ2) is 8.74. The van der Waals surface area contributed by atoms with Crippen molar-refractivity contribution in [3.63, 3.8) is 0 Å². The molecule has 28 heavy (non-hydrogen) atoms. The largest absolute Gasteiger partial charge is 0.492 e. The molecule has 5 heteroatoms. The highest BCUT2D eigenvalue weighted by atomic mass is 16.5. The van der Waals surface area contributed by atoms with Crippen LogP contribution in [0.4, 0.5) is 5.69 Å². The number of rotatable bonds is 6. The molecule has 0 fully saturated rings. The summed E-state index contributed by atoms with van der Waals surface area (Å²) < 4.78 is 11.3. The molecule has 5 nitrogen and oxygen atoms in total. The van der Waals surface area contributed by atoms with E-state index in [1.807, 2.05) is 56.3 Å². The van der Waals surface area contributed by atoms with Crippen LogP contribution in [0.15, 0.2) is 70.7 Å². The van der Waals surface area contributed by atoms with E-state index in [9.17, 15) is 10.1 Å². The summed E-state index contributed by atoms with van der Waals surface area (Å²) in [4.78, 5) is 12.5. The van der Waals surface area contributed by atoms with Crippen molar-refractivity contribution < 1.29 is 13.9 Å². The zero-order valence-electron chi connectivity index (χ0n) is 15.7. The van der Waals surface area contributed by atoms with Gasteiger partial charge in [0.1, 0.15) is 28.9 Å². The first kappa shape index (κ1) is 19.0. The summed E-state index contributed by atoms with van der Waals surface area (Å²) in [5, 5.41) is 12.1. The number of anilines is 1. The molecule has 0 aliphatic rings. The zero-order valence-corrected chi connectivity index (χ0v) is 15.7. The molecule has 1 N–H and O–H groups in total. The fourth-order valence-electron chi connectivity index (χ4n) is 2.64. The molecule has 0 unspecified atom stereocenters. The molecule has 0 aliphatic carbocycles. The maximum Gasteiger partial charge on any atom is 0.266 e. The number of carbonyl (C=O) groups excluding carboxylic acids is 1. The molecular formula is C23H20N2O3. The summed E-state index contributed by atoms with van der Waals surface area (Å²) >= 11 is 0. The number of furan rings is 1. The SMILES string of the molecule is CCOc1ccccc1NC(=O)C(C#N)=Cc1ccc(-c2ccc(C)cc2)o1. The number of carbonyl (C=O) groups is 1. The molecule has 3 rings (SSSR count).